The molecular formula is C29H29Cl2F3N4O2. The Labute approximate surface area is 241 Å². The largest absolute Gasteiger partial charge is 0.573 e. The predicted molar refractivity (Wildman–Crippen MR) is 152 cm³/mol. The lowest BCUT2D eigenvalue weighted by Crippen LogP contribution is -2.32. The molecule has 0 bridgehead atoms. The molecule has 1 aliphatic rings. The average Bonchev–Trinajstić information content (AvgIpc) is 3.32. The maximum Gasteiger partial charge on any atom is 0.573 e. The SMILES string of the molecule is CCc1nc2cccc(Cl)n2c1C(=O)NCc1ccc(N2CCC(c3ccc(OC(F)(F)F)cc3)CC2)cc1.Cl. The van der Waals surface area contributed by atoms with Crippen molar-refractivity contribution < 1.29 is 22.7 Å². The number of pyridine rings is 1. The van der Waals surface area contributed by atoms with E-state index >= 15 is 0 Å². The van der Waals surface area contributed by atoms with Crippen LogP contribution in [0.4, 0.5) is 18.9 Å². The lowest BCUT2D eigenvalue weighted by Gasteiger charge is -2.34. The minimum atomic E-state index is -4.68. The Morgan fingerprint density at radius 1 is 1.05 bits per heavy atom. The monoisotopic (exact) mass is 592 g/mol. The summed E-state index contributed by atoms with van der Waals surface area (Å²) in [6.07, 6.45) is -2.27. The summed E-state index contributed by atoms with van der Waals surface area (Å²) in [5.41, 5.74) is 4.89. The van der Waals surface area contributed by atoms with Gasteiger partial charge in [0.25, 0.3) is 5.91 Å². The Morgan fingerprint density at radius 3 is 2.35 bits per heavy atom. The van der Waals surface area contributed by atoms with Gasteiger partial charge in [0, 0.05) is 25.3 Å². The number of fused-ring (bicyclic) bond motifs is 1. The van der Waals surface area contributed by atoms with Crippen LogP contribution in [0.3, 0.4) is 0 Å². The molecule has 0 aliphatic carbocycles. The lowest BCUT2D eigenvalue weighted by molar-refractivity contribution is -0.274. The zero-order valence-corrected chi connectivity index (χ0v) is 23.3. The van der Waals surface area contributed by atoms with Gasteiger partial charge in [0.15, 0.2) is 0 Å². The molecule has 40 heavy (non-hydrogen) atoms. The number of aromatic nitrogens is 2. The molecule has 0 radical (unpaired) electrons. The number of rotatable bonds is 7. The topological polar surface area (TPSA) is 58.9 Å². The molecule has 4 aromatic rings. The molecule has 212 valence electrons. The third-order valence-electron chi connectivity index (χ3n) is 7.05. The van der Waals surface area contributed by atoms with Crippen LogP contribution < -0.4 is 15.0 Å². The summed E-state index contributed by atoms with van der Waals surface area (Å²) in [7, 11) is 0. The zero-order valence-electron chi connectivity index (χ0n) is 21.7. The number of imidazole rings is 1. The first kappa shape index (κ1) is 29.6. The van der Waals surface area contributed by atoms with Crippen LogP contribution in [0.15, 0.2) is 66.7 Å². The Hall–Kier alpha value is -3.43. The van der Waals surface area contributed by atoms with Crippen LogP contribution in [0.5, 0.6) is 5.75 Å². The number of ether oxygens (including phenoxy) is 1. The van der Waals surface area contributed by atoms with Crippen molar-refractivity contribution >= 4 is 41.2 Å². The quantitative estimate of drug-likeness (QED) is 0.231. The van der Waals surface area contributed by atoms with E-state index < -0.39 is 6.36 Å². The van der Waals surface area contributed by atoms with E-state index in [2.05, 4.69) is 19.9 Å². The van der Waals surface area contributed by atoms with E-state index in [9.17, 15) is 18.0 Å². The molecular weight excluding hydrogens is 564 g/mol. The van der Waals surface area contributed by atoms with Gasteiger partial charge in [-0.15, -0.1) is 25.6 Å². The number of nitrogens with zero attached hydrogens (tertiary/aromatic N) is 3. The number of amides is 1. The number of benzene rings is 2. The Morgan fingerprint density at radius 2 is 1.73 bits per heavy atom. The van der Waals surface area contributed by atoms with Crippen LogP contribution in [-0.4, -0.2) is 34.7 Å². The van der Waals surface area contributed by atoms with Gasteiger partial charge in [0.1, 0.15) is 22.2 Å². The number of carbonyl (C=O) groups is 1. The number of aryl methyl sites for hydroxylation is 1. The summed E-state index contributed by atoms with van der Waals surface area (Å²) in [6.45, 7) is 4.01. The zero-order chi connectivity index (χ0) is 27.6. The molecule has 11 heteroatoms. The molecule has 0 saturated carbocycles. The Bertz CT molecular complexity index is 1450. The first-order valence-electron chi connectivity index (χ1n) is 12.9. The van der Waals surface area contributed by atoms with Crippen LogP contribution in [0.25, 0.3) is 5.65 Å². The average molecular weight is 593 g/mol. The first-order valence-corrected chi connectivity index (χ1v) is 13.2. The number of hydrogen-bond acceptors (Lipinski definition) is 4. The highest BCUT2D eigenvalue weighted by molar-refractivity contribution is 6.30. The van der Waals surface area contributed by atoms with Crippen LogP contribution in [0.1, 0.15) is 53.0 Å². The Kier molecular flexibility index (Phi) is 9.15. The van der Waals surface area contributed by atoms with Crippen LogP contribution in [-0.2, 0) is 13.0 Å². The number of nitrogens with one attached hydrogen (secondary N) is 1. The lowest BCUT2D eigenvalue weighted by atomic mass is 9.89. The fourth-order valence-corrected chi connectivity index (χ4v) is 5.33. The van der Waals surface area contributed by atoms with Crippen molar-refractivity contribution in [2.24, 2.45) is 0 Å². The van der Waals surface area contributed by atoms with Crippen molar-refractivity contribution in [3.8, 4) is 5.75 Å². The van der Waals surface area contributed by atoms with Gasteiger partial charge in [-0.05, 0) is 72.7 Å². The van der Waals surface area contributed by atoms with E-state index in [1.54, 1.807) is 22.6 Å². The van der Waals surface area contributed by atoms with Gasteiger partial charge in [0.05, 0.1) is 5.69 Å². The molecule has 1 fully saturated rings. The molecule has 1 amide bonds. The van der Waals surface area contributed by atoms with Gasteiger partial charge >= 0.3 is 6.36 Å². The van der Waals surface area contributed by atoms with Crippen molar-refractivity contribution in [1.29, 1.82) is 0 Å². The minimum absolute atomic E-state index is 0. The van der Waals surface area contributed by atoms with Crippen molar-refractivity contribution in [2.45, 2.75) is 45.0 Å². The molecule has 5 rings (SSSR count). The number of halogens is 5. The van der Waals surface area contributed by atoms with Gasteiger partial charge < -0.3 is 15.0 Å². The summed E-state index contributed by atoms with van der Waals surface area (Å²) in [5, 5.41) is 3.43. The van der Waals surface area contributed by atoms with E-state index in [0.717, 1.165) is 42.7 Å². The first-order chi connectivity index (χ1) is 18.7. The second-order valence-electron chi connectivity index (χ2n) is 9.53. The van der Waals surface area contributed by atoms with Crippen molar-refractivity contribution in [1.82, 2.24) is 14.7 Å². The fraction of sp³-hybridized carbons (Fsp3) is 0.310. The standard InChI is InChI=1S/C29H28ClF3N4O2.ClH/c1-2-24-27(37-25(30)4-3-5-26(37)35-24)28(38)34-18-19-6-10-22(11-7-19)36-16-14-21(15-17-36)20-8-12-23(13-9-20)39-29(31,32)33;/h3-13,21H,2,14-18H2,1H3,(H,34,38);1H. The van der Waals surface area contributed by atoms with E-state index in [1.165, 1.54) is 12.1 Å². The molecule has 1 aliphatic heterocycles. The Balaban J connectivity index is 0.00000370. The highest BCUT2D eigenvalue weighted by atomic mass is 35.5. The molecule has 0 atom stereocenters. The number of anilines is 1. The summed E-state index contributed by atoms with van der Waals surface area (Å²) < 4.78 is 42.8. The third-order valence-corrected chi connectivity index (χ3v) is 7.35. The van der Waals surface area contributed by atoms with E-state index in [-0.39, 0.29) is 30.0 Å². The number of alkyl halides is 3. The van der Waals surface area contributed by atoms with Gasteiger partial charge in [-0.3, -0.25) is 9.20 Å². The van der Waals surface area contributed by atoms with Crippen molar-refractivity contribution in [3.63, 3.8) is 0 Å². The second kappa shape index (κ2) is 12.4. The van der Waals surface area contributed by atoms with E-state index in [0.29, 0.717) is 35.2 Å². The molecule has 2 aromatic heterocycles. The number of carbonyl (C=O) groups excluding carboxylic acids is 1. The summed E-state index contributed by atoms with van der Waals surface area (Å²) >= 11 is 6.35. The maximum absolute atomic E-state index is 13.1. The molecule has 3 heterocycles. The second-order valence-corrected chi connectivity index (χ2v) is 9.92. The third kappa shape index (κ3) is 6.64. The highest BCUT2D eigenvalue weighted by Crippen LogP contribution is 2.32. The van der Waals surface area contributed by atoms with Crippen LogP contribution in [0, 0.1) is 0 Å². The van der Waals surface area contributed by atoms with E-state index in [4.69, 9.17) is 11.6 Å². The van der Waals surface area contributed by atoms with Crippen molar-refractivity contribution in [3.05, 3.63) is 94.4 Å². The molecule has 0 unspecified atom stereocenters. The van der Waals surface area contributed by atoms with Crippen LogP contribution >= 0.6 is 24.0 Å². The maximum atomic E-state index is 13.1. The van der Waals surface area contributed by atoms with Crippen LogP contribution in [0.2, 0.25) is 5.15 Å². The highest BCUT2D eigenvalue weighted by Gasteiger charge is 2.31. The number of hydrogen-bond donors (Lipinski definition) is 1. The predicted octanol–water partition coefficient (Wildman–Crippen LogP) is 7.18. The van der Waals surface area contributed by atoms with Gasteiger partial charge in [0.2, 0.25) is 0 Å². The van der Waals surface area contributed by atoms with Gasteiger partial charge in [-0.2, -0.15) is 0 Å². The molecule has 1 saturated heterocycles. The van der Waals surface area contributed by atoms with Gasteiger partial charge in [-0.1, -0.05) is 48.9 Å². The van der Waals surface area contributed by atoms with Gasteiger partial charge in [-0.25, -0.2) is 4.98 Å². The molecule has 2 aromatic carbocycles. The number of piperidine rings is 1. The molecule has 6 nitrogen and oxygen atoms in total. The molecule has 1 N–H and O–H groups in total. The summed E-state index contributed by atoms with van der Waals surface area (Å²) in [5.74, 6) is -0.137. The van der Waals surface area contributed by atoms with E-state index in [1.807, 2.05) is 43.3 Å². The normalized spacial score (nSPS) is 14.2. The summed E-state index contributed by atoms with van der Waals surface area (Å²) in [4.78, 5) is 19.9. The summed E-state index contributed by atoms with van der Waals surface area (Å²) in [6, 6.07) is 19.7. The minimum Gasteiger partial charge on any atom is -0.406 e. The smallest absolute Gasteiger partial charge is 0.406 e. The fourth-order valence-electron chi connectivity index (χ4n) is 5.08. The van der Waals surface area contributed by atoms with Crippen molar-refractivity contribution in [2.75, 3.05) is 18.0 Å². The molecule has 0 spiro atoms.